The van der Waals surface area contributed by atoms with Crippen LogP contribution in [0.15, 0.2) is 34.9 Å². The van der Waals surface area contributed by atoms with E-state index in [0.717, 1.165) is 17.4 Å². The fourth-order valence-electron chi connectivity index (χ4n) is 1.70. The van der Waals surface area contributed by atoms with Crippen LogP contribution in [0.4, 0.5) is 8.78 Å². The number of nitrogens with one attached hydrogen (secondary N) is 1. The van der Waals surface area contributed by atoms with Crippen LogP contribution in [0.5, 0.6) is 0 Å². The van der Waals surface area contributed by atoms with Crippen molar-refractivity contribution in [2.24, 2.45) is 0 Å². The molecule has 0 saturated heterocycles. The zero-order valence-electron chi connectivity index (χ0n) is 10.3. The number of furan rings is 1. The largest absolute Gasteiger partial charge is 0.467 e. The molecule has 0 aliphatic rings. The molecule has 1 aromatic carbocycles. The Morgan fingerprint density at radius 2 is 1.94 bits per heavy atom. The van der Waals surface area contributed by atoms with Gasteiger partial charge in [-0.15, -0.1) is 0 Å². The molecule has 0 saturated carbocycles. The minimum Gasteiger partial charge on any atom is -0.467 e. The molecule has 0 atom stereocenters. The van der Waals surface area contributed by atoms with Gasteiger partial charge in [0, 0.05) is 11.6 Å². The van der Waals surface area contributed by atoms with E-state index in [1.807, 2.05) is 13.8 Å². The molecule has 0 unspecified atom stereocenters. The first kappa shape index (κ1) is 12.8. The molecule has 1 N–H and O–H groups in total. The van der Waals surface area contributed by atoms with Gasteiger partial charge in [0.05, 0.1) is 12.8 Å². The second-order valence-corrected chi connectivity index (χ2v) is 4.42. The molecule has 0 fully saturated rings. The lowest BCUT2D eigenvalue weighted by molar-refractivity contribution is 0.466. The van der Waals surface area contributed by atoms with E-state index in [0.29, 0.717) is 18.2 Å². The summed E-state index contributed by atoms with van der Waals surface area (Å²) in [7, 11) is 0. The molecule has 2 rings (SSSR count). The number of rotatable bonds is 4. The van der Waals surface area contributed by atoms with Crippen molar-refractivity contribution in [1.29, 1.82) is 0 Å². The molecule has 2 aromatic rings. The maximum absolute atomic E-state index is 13.2. The van der Waals surface area contributed by atoms with Crippen molar-refractivity contribution in [2.45, 2.75) is 26.4 Å². The van der Waals surface area contributed by atoms with E-state index in [4.69, 9.17) is 4.42 Å². The van der Waals surface area contributed by atoms with Crippen LogP contribution in [-0.2, 0) is 6.54 Å². The lowest BCUT2D eigenvalue weighted by Crippen LogP contribution is -2.21. The molecular formula is C14H15F2NO. The van der Waals surface area contributed by atoms with Crippen LogP contribution < -0.4 is 5.32 Å². The molecule has 0 bridgehead atoms. The summed E-state index contributed by atoms with van der Waals surface area (Å²) in [5.74, 6) is -0.977. The number of hydrogen-bond donors (Lipinski definition) is 1. The van der Waals surface area contributed by atoms with Crippen LogP contribution in [-0.4, -0.2) is 6.04 Å². The van der Waals surface area contributed by atoms with E-state index in [1.54, 1.807) is 18.4 Å². The van der Waals surface area contributed by atoms with Gasteiger partial charge in [-0.1, -0.05) is 19.9 Å². The van der Waals surface area contributed by atoms with Gasteiger partial charge in [0.25, 0.3) is 0 Å². The summed E-state index contributed by atoms with van der Waals surface area (Å²) >= 11 is 0. The van der Waals surface area contributed by atoms with Crippen molar-refractivity contribution in [2.75, 3.05) is 0 Å². The third kappa shape index (κ3) is 2.76. The quantitative estimate of drug-likeness (QED) is 0.895. The van der Waals surface area contributed by atoms with Crippen LogP contribution in [0.25, 0.3) is 11.1 Å². The molecule has 0 spiro atoms. The van der Waals surface area contributed by atoms with Crippen molar-refractivity contribution in [3.8, 4) is 11.1 Å². The Morgan fingerprint density at radius 1 is 1.17 bits per heavy atom. The molecule has 0 amide bonds. The Morgan fingerprint density at radius 3 is 2.61 bits per heavy atom. The van der Waals surface area contributed by atoms with Gasteiger partial charge in [0.15, 0.2) is 11.6 Å². The lowest BCUT2D eigenvalue weighted by Gasteiger charge is -2.08. The summed E-state index contributed by atoms with van der Waals surface area (Å²) in [4.78, 5) is 0. The fraction of sp³-hybridized carbons (Fsp3) is 0.286. The standard InChI is InChI=1S/C14H15F2NO/c1-9(2)17-8-14-11(5-6-18-14)10-3-4-12(15)13(16)7-10/h3-7,9,17H,8H2,1-2H3. The van der Waals surface area contributed by atoms with E-state index < -0.39 is 11.6 Å². The number of hydrogen-bond acceptors (Lipinski definition) is 2. The number of benzene rings is 1. The fourth-order valence-corrected chi connectivity index (χ4v) is 1.70. The monoisotopic (exact) mass is 251 g/mol. The van der Waals surface area contributed by atoms with Gasteiger partial charge in [-0.05, 0) is 23.8 Å². The van der Waals surface area contributed by atoms with Crippen LogP contribution in [0, 0.1) is 11.6 Å². The lowest BCUT2D eigenvalue weighted by atomic mass is 10.1. The SMILES string of the molecule is CC(C)NCc1occc1-c1ccc(F)c(F)c1. The first-order valence-electron chi connectivity index (χ1n) is 5.83. The normalized spacial score (nSPS) is 11.2. The maximum atomic E-state index is 13.2. The predicted molar refractivity (Wildman–Crippen MR) is 66.0 cm³/mol. The summed E-state index contributed by atoms with van der Waals surface area (Å²) in [5, 5.41) is 3.22. The van der Waals surface area contributed by atoms with Gasteiger partial charge < -0.3 is 9.73 Å². The third-order valence-corrected chi connectivity index (χ3v) is 2.65. The highest BCUT2D eigenvalue weighted by molar-refractivity contribution is 5.65. The topological polar surface area (TPSA) is 25.2 Å². The van der Waals surface area contributed by atoms with Crippen LogP contribution in [0.2, 0.25) is 0 Å². The summed E-state index contributed by atoms with van der Waals surface area (Å²) in [6.45, 7) is 4.61. The molecule has 4 heteroatoms. The molecule has 96 valence electrons. The van der Waals surface area contributed by atoms with Crippen molar-refractivity contribution in [3.05, 3.63) is 47.9 Å². The molecule has 1 aromatic heterocycles. The average Bonchev–Trinajstić information content (AvgIpc) is 2.78. The van der Waals surface area contributed by atoms with Gasteiger partial charge in [0.2, 0.25) is 0 Å². The van der Waals surface area contributed by atoms with E-state index in [1.165, 1.54) is 6.07 Å². The minimum absolute atomic E-state index is 0.327. The molecule has 0 aliphatic heterocycles. The summed E-state index contributed by atoms with van der Waals surface area (Å²) in [5.41, 5.74) is 1.39. The van der Waals surface area contributed by atoms with E-state index in [2.05, 4.69) is 5.32 Å². The van der Waals surface area contributed by atoms with E-state index in [-0.39, 0.29) is 0 Å². The molecule has 0 radical (unpaired) electrons. The molecule has 1 heterocycles. The van der Waals surface area contributed by atoms with Crippen molar-refractivity contribution >= 4 is 0 Å². The second kappa shape index (κ2) is 5.31. The van der Waals surface area contributed by atoms with Gasteiger partial charge >= 0.3 is 0 Å². The van der Waals surface area contributed by atoms with Crippen molar-refractivity contribution in [3.63, 3.8) is 0 Å². The van der Waals surface area contributed by atoms with Gasteiger partial charge in [0.1, 0.15) is 5.76 Å². The Hall–Kier alpha value is -1.68. The van der Waals surface area contributed by atoms with Gasteiger partial charge in [-0.2, -0.15) is 0 Å². The third-order valence-electron chi connectivity index (χ3n) is 2.65. The number of halogens is 2. The first-order valence-corrected chi connectivity index (χ1v) is 5.83. The molecule has 2 nitrogen and oxygen atoms in total. The zero-order valence-corrected chi connectivity index (χ0v) is 10.3. The van der Waals surface area contributed by atoms with Gasteiger partial charge in [-0.3, -0.25) is 0 Å². The summed E-state index contributed by atoms with van der Waals surface area (Å²) < 4.78 is 31.4. The molecular weight excluding hydrogens is 236 g/mol. The Labute approximate surface area is 105 Å². The Kier molecular flexibility index (Phi) is 3.77. The molecule has 0 aliphatic carbocycles. The second-order valence-electron chi connectivity index (χ2n) is 4.42. The van der Waals surface area contributed by atoms with E-state index >= 15 is 0 Å². The summed E-state index contributed by atoms with van der Waals surface area (Å²) in [6.07, 6.45) is 1.55. The van der Waals surface area contributed by atoms with Crippen molar-refractivity contribution < 1.29 is 13.2 Å². The van der Waals surface area contributed by atoms with Crippen molar-refractivity contribution in [1.82, 2.24) is 5.32 Å². The minimum atomic E-state index is -0.850. The Balaban J connectivity index is 2.27. The highest BCUT2D eigenvalue weighted by atomic mass is 19.2. The highest BCUT2D eigenvalue weighted by Crippen LogP contribution is 2.26. The van der Waals surface area contributed by atoms with Crippen LogP contribution in [0.3, 0.4) is 0 Å². The zero-order chi connectivity index (χ0) is 13.1. The smallest absolute Gasteiger partial charge is 0.159 e. The molecule has 18 heavy (non-hydrogen) atoms. The first-order chi connectivity index (χ1) is 8.58. The van der Waals surface area contributed by atoms with Crippen LogP contribution in [0.1, 0.15) is 19.6 Å². The highest BCUT2D eigenvalue weighted by Gasteiger charge is 2.11. The van der Waals surface area contributed by atoms with E-state index in [9.17, 15) is 8.78 Å². The van der Waals surface area contributed by atoms with Crippen LogP contribution >= 0.6 is 0 Å². The van der Waals surface area contributed by atoms with Gasteiger partial charge in [-0.25, -0.2) is 8.78 Å². The Bertz CT molecular complexity index is 534. The predicted octanol–water partition coefficient (Wildman–Crippen LogP) is 3.72. The summed E-state index contributed by atoms with van der Waals surface area (Å²) in [6, 6.07) is 5.93. The average molecular weight is 251 g/mol. The maximum Gasteiger partial charge on any atom is 0.159 e.